The Morgan fingerprint density at radius 3 is 2.68 bits per heavy atom. The molecule has 0 bridgehead atoms. The summed E-state index contributed by atoms with van der Waals surface area (Å²) in [5.41, 5.74) is 1.58. The number of likely N-dealkylation sites (tertiary alicyclic amines) is 1. The third kappa shape index (κ3) is 5.97. The van der Waals surface area contributed by atoms with Crippen molar-refractivity contribution in [3.8, 4) is 11.5 Å². The maximum atomic E-state index is 12.8. The Kier molecular flexibility index (Phi) is 7.55. The molecule has 2 unspecified atom stereocenters. The van der Waals surface area contributed by atoms with E-state index in [9.17, 15) is 4.79 Å². The second-order valence-electron chi connectivity index (χ2n) is 9.27. The molecule has 6 nitrogen and oxygen atoms in total. The molecule has 1 amide bonds. The number of nitrogens with zero attached hydrogens (tertiary/aromatic N) is 2. The van der Waals surface area contributed by atoms with E-state index in [1.165, 1.54) is 0 Å². The fourth-order valence-electron chi connectivity index (χ4n) is 4.10. The summed E-state index contributed by atoms with van der Waals surface area (Å²) in [6.07, 6.45) is 3.93. The highest BCUT2D eigenvalue weighted by atomic mass is 16.5. The highest BCUT2D eigenvalue weighted by Crippen LogP contribution is 2.32. The smallest absolute Gasteiger partial charge is 0.225 e. The zero-order valence-electron chi connectivity index (χ0n) is 19.4. The number of amides is 1. The number of methoxy groups -OCH3 is 2. The summed E-state index contributed by atoms with van der Waals surface area (Å²) in [4.78, 5) is 19.8. The molecule has 0 spiro atoms. The van der Waals surface area contributed by atoms with E-state index < -0.39 is 5.41 Å². The number of pyridine rings is 1. The standard InChI is InChI=1S/C25H35N3O3/c1-25(2,3)24(29)27-23(21-10-6-7-13-26-21)18-9-8-14-28(16-18)17-19-15-20(30-4)11-12-22(19)31-5/h6-7,10-13,15,18,23H,8-9,14,16-17H2,1-5H3,(H,27,29). The van der Waals surface area contributed by atoms with Crippen molar-refractivity contribution in [3.05, 3.63) is 53.9 Å². The Hall–Kier alpha value is -2.60. The molecule has 3 rings (SSSR count). The molecule has 0 saturated carbocycles. The van der Waals surface area contributed by atoms with Gasteiger partial charge in [0.05, 0.1) is 26.0 Å². The topological polar surface area (TPSA) is 63.7 Å². The number of hydrogen-bond donors (Lipinski definition) is 1. The lowest BCUT2D eigenvalue weighted by molar-refractivity contribution is -0.130. The van der Waals surface area contributed by atoms with E-state index in [2.05, 4.69) is 15.2 Å². The Bertz CT molecular complexity index is 864. The molecule has 2 heterocycles. The number of carbonyl (C=O) groups is 1. The van der Waals surface area contributed by atoms with Crippen LogP contribution in [0, 0.1) is 11.3 Å². The Balaban J connectivity index is 1.80. The predicted molar refractivity (Wildman–Crippen MR) is 122 cm³/mol. The highest BCUT2D eigenvalue weighted by Gasteiger charge is 2.33. The van der Waals surface area contributed by atoms with Gasteiger partial charge in [0, 0.05) is 30.3 Å². The zero-order valence-corrected chi connectivity index (χ0v) is 19.4. The first-order valence-corrected chi connectivity index (χ1v) is 11.0. The largest absolute Gasteiger partial charge is 0.497 e. The summed E-state index contributed by atoms with van der Waals surface area (Å²) in [5, 5.41) is 3.30. The number of nitrogens with one attached hydrogen (secondary N) is 1. The summed E-state index contributed by atoms with van der Waals surface area (Å²) < 4.78 is 11.0. The average molecular weight is 426 g/mol. The maximum Gasteiger partial charge on any atom is 0.225 e. The number of piperidine rings is 1. The van der Waals surface area contributed by atoms with Gasteiger partial charge in [-0.05, 0) is 55.6 Å². The first kappa shape index (κ1) is 23.1. The van der Waals surface area contributed by atoms with Crippen molar-refractivity contribution in [2.24, 2.45) is 11.3 Å². The van der Waals surface area contributed by atoms with Crippen LogP contribution in [-0.4, -0.2) is 43.1 Å². The van der Waals surface area contributed by atoms with E-state index in [0.717, 1.165) is 55.2 Å². The summed E-state index contributed by atoms with van der Waals surface area (Å²) in [5.74, 6) is 2.03. The van der Waals surface area contributed by atoms with Crippen molar-refractivity contribution in [2.75, 3.05) is 27.3 Å². The van der Waals surface area contributed by atoms with Crippen LogP contribution in [0.4, 0.5) is 0 Å². The van der Waals surface area contributed by atoms with Crippen LogP contribution in [0.2, 0.25) is 0 Å². The molecule has 168 valence electrons. The lowest BCUT2D eigenvalue weighted by Crippen LogP contribution is -2.45. The van der Waals surface area contributed by atoms with Gasteiger partial charge in [-0.15, -0.1) is 0 Å². The SMILES string of the molecule is COc1ccc(OC)c(CN2CCCC(C(NC(=O)C(C)(C)C)c3ccccn3)C2)c1. The van der Waals surface area contributed by atoms with E-state index in [1.54, 1.807) is 20.4 Å². The van der Waals surface area contributed by atoms with E-state index in [-0.39, 0.29) is 17.9 Å². The van der Waals surface area contributed by atoms with Gasteiger partial charge in [0.25, 0.3) is 0 Å². The van der Waals surface area contributed by atoms with Crippen LogP contribution in [-0.2, 0) is 11.3 Å². The Morgan fingerprint density at radius 1 is 1.23 bits per heavy atom. The third-order valence-corrected chi connectivity index (χ3v) is 5.87. The van der Waals surface area contributed by atoms with Gasteiger partial charge in [0.2, 0.25) is 5.91 Å². The third-order valence-electron chi connectivity index (χ3n) is 5.87. The molecule has 2 atom stereocenters. The molecule has 6 heteroatoms. The van der Waals surface area contributed by atoms with Crippen LogP contribution in [0.3, 0.4) is 0 Å². The molecule has 1 aromatic heterocycles. The normalized spacial score (nSPS) is 18.3. The fourth-order valence-corrected chi connectivity index (χ4v) is 4.10. The van der Waals surface area contributed by atoms with Crippen molar-refractivity contribution >= 4 is 5.91 Å². The van der Waals surface area contributed by atoms with Gasteiger partial charge in [-0.25, -0.2) is 0 Å². The maximum absolute atomic E-state index is 12.8. The first-order valence-electron chi connectivity index (χ1n) is 11.0. The average Bonchev–Trinajstić information content (AvgIpc) is 2.77. The van der Waals surface area contributed by atoms with Crippen LogP contribution < -0.4 is 14.8 Å². The number of aromatic nitrogens is 1. The summed E-state index contributed by atoms with van der Waals surface area (Å²) in [7, 11) is 3.38. The van der Waals surface area contributed by atoms with Crippen molar-refractivity contribution in [3.63, 3.8) is 0 Å². The van der Waals surface area contributed by atoms with Crippen molar-refractivity contribution in [2.45, 2.75) is 46.2 Å². The summed E-state index contributed by atoms with van der Waals surface area (Å²) in [6, 6.07) is 11.7. The second-order valence-corrected chi connectivity index (χ2v) is 9.27. The van der Waals surface area contributed by atoms with Crippen molar-refractivity contribution < 1.29 is 14.3 Å². The Morgan fingerprint density at radius 2 is 2.03 bits per heavy atom. The molecule has 1 fully saturated rings. The quantitative estimate of drug-likeness (QED) is 0.720. The molecule has 0 radical (unpaired) electrons. The van der Waals surface area contributed by atoms with E-state index in [0.29, 0.717) is 0 Å². The lowest BCUT2D eigenvalue weighted by atomic mass is 9.86. The zero-order chi connectivity index (χ0) is 22.4. The number of benzene rings is 1. The fraction of sp³-hybridized carbons (Fsp3) is 0.520. The lowest BCUT2D eigenvalue weighted by Gasteiger charge is -2.38. The highest BCUT2D eigenvalue weighted by molar-refractivity contribution is 5.81. The van der Waals surface area contributed by atoms with Crippen LogP contribution >= 0.6 is 0 Å². The number of hydrogen-bond acceptors (Lipinski definition) is 5. The van der Waals surface area contributed by atoms with E-state index in [4.69, 9.17) is 9.47 Å². The van der Waals surface area contributed by atoms with Gasteiger partial charge in [-0.2, -0.15) is 0 Å². The summed E-state index contributed by atoms with van der Waals surface area (Å²) in [6.45, 7) is 8.50. The van der Waals surface area contributed by atoms with Gasteiger partial charge in [0.1, 0.15) is 11.5 Å². The first-order chi connectivity index (χ1) is 14.8. The van der Waals surface area contributed by atoms with Gasteiger partial charge >= 0.3 is 0 Å². The molecule has 1 aliphatic heterocycles. The molecule has 1 aromatic carbocycles. The van der Waals surface area contributed by atoms with Crippen molar-refractivity contribution in [1.29, 1.82) is 0 Å². The molecule has 1 N–H and O–H groups in total. The minimum Gasteiger partial charge on any atom is -0.497 e. The van der Waals surface area contributed by atoms with Crippen molar-refractivity contribution in [1.82, 2.24) is 15.2 Å². The number of ether oxygens (including phenoxy) is 2. The van der Waals surface area contributed by atoms with E-state index in [1.807, 2.05) is 57.2 Å². The van der Waals surface area contributed by atoms with Gasteiger partial charge in [0.15, 0.2) is 0 Å². The second kappa shape index (κ2) is 10.1. The van der Waals surface area contributed by atoms with Gasteiger partial charge in [-0.3, -0.25) is 14.7 Å². The number of carbonyl (C=O) groups excluding carboxylic acids is 1. The molecule has 31 heavy (non-hydrogen) atoms. The monoisotopic (exact) mass is 425 g/mol. The minimum absolute atomic E-state index is 0.0507. The Labute approximate surface area is 186 Å². The molecular formula is C25H35N3O3. The number of rotatable bonds is 7. The summed E-state index contributed by atoms with van der Waals surface area (Å²) >= 11 is 0. The molecule has 1 saturated heterocycles. The van der Waals surface area contributed by atoms with Gasteiger partial charge < -0.3 is 14.8 Å². The van der Waals surface area contributed by atoms with E-state index >= 15 is 0 Å². The molecule has 1 aliphatic rings. The molecular weight excluding hydrogens is 390 g/mol. The van der Waals surface area contributed by atoms with Crippen LogP contribution in [0.1, 0.15) is 50.9 Å². The predicted octanol–water partition coefficient (Wildman–Crippen LogP) is 4.21. The molecule has 2 aromatic rings. The van der Waals surface area contributed by atoms with Crippen LogP contribution in [0.15, 0.2) is 42.6 Å². The minimum atomic E-state index is -0.449. The van der Waals surface area contributed by atoms with Crippen LogP contribution in [0.25, 0.3) is 0 Å². The molecule has 0 aliphatic carbocycles. The van der Waals surface area contributed by atoms with Gasteiger partial charge in [-0.1, -0.05) is 26.8 Å². The van der Waals surface area contributed by atoms with Crippen LogP contribution in [0.5, 0.6) is 11.5 Å².